The number of nitriles is 1. The van der Waals surface area contributed by atoms with Crippen LogP contribution in [0.4, 0.5) is 11.4 Å². The Labute approximate surface area is 96.9 Å². The van der Waals surface area contributed by atoms with Gasteiger partial charge in [0.2, 0.25) is 0 Å². The first-order valence-electron chi connectivity index (χ1n) is 5.68. The van der Waals surface area contributed by atoms with Crippen molar-refractivity contribution < 1.29 is 0 Å². The monoisotopic (exact) mass is 215 g/mol. The van der Waals surface area contributed by atoms with Crippen molar-refractivity contribution in [1.82, 2.24) is 0 Å². The van der Waals surface area contributed by atoms with E-state index in [1.165, 1.54) is 11.4 Å². The minimum Gasteiger partial charge on any atom is -0.373 e. The largest absolute Gasteiger partial charge is 0.373 e. The van der Waals surface area contributed by atoms with Gasteiger partial charge in [-0.25, -0.2) is 0 Å². The van der Waals surface area contributed by atoms with E-state index in [0.717, 1.165) is 13.0 Å². The molecule has 0 aromatic heterocycles. The summed E-state index contributed by atoms with van der Waals surface area (Å²) in [4.78, 5) is 4.46. The molecule has 0 fully saturated rings. The van der Waals surface area contributed by atoms with E-state index in [1.807, 2.05) is 6.07 Å². The molecule has 3 heteroatoms. The van der Waals surface area contributed by atoms with Crippen LogP contribution in [0.5, 0.6) is 0 Å². The number of nitrogens with zero attached hydrogens (tertiary/aromatic N) is 3. The second-order valence-corrected chi connectivity index (χ2v) is 4.33. The van der Waals surface area contributed by atoms with Crippen LogP contribution < -0.4 is 9.80 Å². The first-order valence-corrected chi connectivity index (χ1v) is 5.68. The molecule has 3 nitrogen and oxygen atoms in total. The normalized spacial score (nSPS) is 19.9. The summed E-state index contributed by atoms with van der Waals surface area (Å²) in [5.41, 5.74) is 2.40. The van der Waals surface area contributed by atoms with Crippen LogP contribution in [0.1, 0.15) is 13.3 Å². The number of para-hydroxylation sites is 2. The molecule has 1 heterocycles. The van der Waals surface area contributed by atoms with Crippen molar-refractivity contribution >= 4 is 11.4 Å². The molecule has 1 aromatic carbocycles. The molecule has 1 aliphatic heterocycles. The van der Waals surface area contributed by atoms with Crippen LogP contribution in [0.2, 0.25) is 0 Å². The van der Waals surface area contributed by atoms with Crippen molar-refractivity contribution in [3.05, 3.63) is 24.3 Å². The third-order valence-electron chi connectivity index (χ3n) is 3.26. The molecule has 0 saturated heterocycles. The summed E-state index contributed by atoms with van der Waals surface area (Å²) in [6.45, 7) is 3.69. The van der Waals surface area contributed by atoms with Crippen LogP contribution in [0, 0.1) is 11.3 Å². The van der Waals surface area contributed by atoms with Crippen molar-refractivity contribution in [3.63, 3.8) is 0 Å². The summed E-state index contributed by atoms with van der Waals surface area (Å²) in [6, 6.07) is 11.0. The fourth-order valence-electron chi connectivity index (χ4n) is 2.24. The molecule has 0 aliphatic carbocycles. The van der Waals surface area contributed by atoms with Gasteiger partial charge in [-0.15, -0.1) is 0 Å². The smallest absolute Gasteiger partial charge is 0.106 e. The quantitative estimate of drug-likeness (QED) is 0.673. The Morgan fingerprint density at radius 1 is 1.38 bits per heavy atom. The van der Waals surface area contributed by atoms with E-state index >= 15 is 0 Å². The molecular formula is C13H17N3. The van der Waals surface area contributed by atoms with E-state index in [0.29, 0.717) is 12.6 Å². The number of fused-ring (bicyclic) bond motifs is 1. The Morgan fingerprint density at radius 3 is 2.75 bits per heavy atom. The second-order valence-electron chi connectivity index (χ2n) is 4.33. The van der Waals surface area contributed by atoms with Gasteiger partial charge < -0.3 is 9.80 Å². The molecule has 0 bridgehead atoms. The van der Waals surface area contributed by atoms with Crippen LogP contribution in [-0.2, 0) is 0 Å². The van der Waals surface area contributed by atoms with Crippen molar-refractivity contribution in [2.75, 3.05) is 29.9 Å². The minimum atomic E-state index is 0.422. The average molecular weight is 215 g/mol. The van der Waals surface area contributed by atoms with E-state index in [-0.39, 0.29) is 0 Å². The number of rotatable bonds is 1. The van der Waals surface area contributed by atoms with Crippen molar-refractivity contribution in [2.45, 2.75) is 19.4 Å². The molecule has 0 amide bonds. The lowest BCUT2D eigenvalue weighted by Gasteiger charge is -2.27. The van der Waals surface area contributed by atoms with Crippen molar-refractivity contribution in [3.8, 4) is 6.07 Å². The summed E-state index contributed by atoms with van der Waals surface area (Å²) in [6.07, 6.45) is 1.09. The van der Waals surface area contributed by atoms with Crippen LogP contribution in [0.25, 0.3) is 0 Å². The first kappa shape index (κ1) is 10.8. The average Bonchev–Trinajstić information content (AvgIpc) is 2.42. The zero-order valence-electron chi connectivity index (χ0n) is 9.85. The lowest BCUT2D eigenvalue weighted by Crippen LogP contribution is -2.33. The maximum atomic E-state index is 8.91. The van der Waals surface area contributed by atoms with E-state index in [2.05, 4.69) is 48.0 Å². The van der Waals surface area contributed by atoms with Gasteiger partial charge in [0.05, 0.1) is 17.4 Å². The Kier molecular flexibility index (Phi) is 3.00. The SMILES string of the molecule is CC1CCN(C)c2ccccc2N1CC#N. The summed E-state index contributed by atoms with van der Waals surface area (Å²) in [5.74, 6) is 0. The van der Waals surface area contributed by atoms with Gasteiger partial charge in [0.1, 0.15) is 6.54 Å². The number of hydrogen-bond donors (Lipinski definition) is 0. The predicted molar refractivity (Wildman–Crippen MR) is 66.8 cm³/mol. The van der Waals surface area contributed by atoms with Gasteiger partial charge >= 0.3 is 0 Å². The highest BCUT2D eigenvalue weighted by molar-refractivity contribution is 5.72. The molecule has 1 unspecified atom stereocenters. The first-order chi connectivity index (χ1) is 7.74. The van der Waals surface area contributed by atoms with Gasteiger partial charge in [0.25, 0.3) is 0 Å². The zero-order valence-corrected chi connectivity index (χ0v) is 9.85. The van der Waals surface area contributed by atoms with E-state index < -0.39 is 0 Å². The molecule has 1 atom stereocenters. The van der Waals surface area contributed by atoms with Crippen LogP contribution >= 0.6 is 0 Å². The number of anilines is 2. The third-order valence-corrected chi connectivity index (χ3v) is 3.26. The third kappa shape index (κ3) is 1.83. The summed E-state index contributed by atoms with van der Waals surface area (Å²) in [5, 5.41) is 8.91. The lowest BCUT2D eigenvalue weighted by atomic mass is 10.2. The van der Waals surface area contributed by atoms with Crippen LogP contribution in [0.15, 0.2) is 24.3 Å². The Hall–Kier alpha value is -1.69. The number of benzene rings is 1. The fourth-order valence-corrected chi connectivity index (χ4v) is 2.24. The molecule has 1 aromatic rings. The van der Waals surface area contributed by atoms with Crippen LogP contribution in [0.3, 0.4) is 0 Å². The minimum absolute atomic E-state index is 0.422. The van der Waals surface area contributed by atoms with Gasteiger partial charge in [-0.2, -0.15) is 5.26 Å². The Balaban J connectivity index is 2.45. The van der Waals surface area contributed by atoms with Gasteiger partial charge in [-0.1, -0.05) is 12.1 Å². The Morgan fingerprint density at radius 2 is 2.06 bits per heavy atom. The fraction of sp³-hybridized carbons (Fsp3) is 0.462. The Bertz CT molecular complexity index is 408. The topological polar surface area (TPSA) is 30.3 Å². The zero-order chi connectivity index (χ0) is 11.5. The van der Waals surface area contributed by atoms with Gasteiger partial charge in [-0.3, -0.25) is 0 Å². The maximum Gasteiger partial charge on any atom is 0.106 e. The van der Waals surface area contributed by atoms with Crippen molar-refractivity contribution in [1.29, 1.82) is 5.26 Å². The molecular weight excluding hydrogens is 198 g/mol. The molecule has 1 aliphatic rings. The molecule has 0 saturated carbocycles. The molecule has 0 N–H and O–H groups in total. The number of hydrogen-bond acceptors (Lipinski definition) is 3. The van der Waals surface area contributed by atoms with Gasteiger partial charge in [0, 0.05) is 19.6 Å². The molecule has 0 radical (unpaired) electrons. The maximum absolute atomic E-state index is 8.91. The summed E-state index contributed by atoms with van der Waals surface area (Å²) in [7, 11) is 2.11. The van der Waals surface area contributed by atoms with Gasteiger partial charge in [0.15, 0.2) is 0 Å². The second kappa shape index (κ2) is 4.44. The molecule has 0 spiro atoms. The predicted octanol–water partition coefficient (Wildman–Crippen LogP) is 2.24. The molecule has 16 heavy (non-hydrogen) atoms. The highest BCUT2D eigenvalue weighted by atomic mass is 15.2. The molecule has 84 valence electrons. The van der Waals surface area contributed by atoms with Crippen molar-refractivity contribution in [2.24, 2.45) is 0 Å². The molecule has 2 rings (SSSR count). The van der Waals surface area contributed by atoms with E-state index in [1.54, 1.807) is 0 Å². The van der Waals surface area contributed by atoms with Crippen LogP contribution in [-0.4, -0.2) is 26.2 Å². The highest BCUT2D eigenvalue weighted by Gasteiger charge is 2.22. The highest BCUT2D eigenvalue weighted by Crippen LogP contribution is 2.33. The van der Waals surface area contributed by atoms with E-state index in [9.17, 15) is 0 Å². The van der Waals surface area contributed by atoms with E-state index in [4.69, 9.17) is 5.26 Å². The lowest BCUT2D eigenvalue weighted by molar-refractivity contribution is 0.626. The van der Waals surface area contributed by atoms with Gasteiger partial charge in [-0.05, 0) is 25.5 Å². The standard InChI is InChI=1S/C13H17N3/c1-11-7-9-15(2)12-5-3-4-6-13(12)16(11)10-8-14/h3-6,11H,7,9-10H2,1-2H3. The summed E-state index contributed by atoms with van der Waals surface area (Å²) >= 11 is 0. The summed E-state index contributed by atoms with van der Waals surface area (Å²) < 4.78 is 0.